The lowest BCUT2D eigenvalue weighted by molar-refractivity contribution is 1.15. The molecule has 0 spiro atoms. The van der Waals surface area contributed by atoms with Crippen molar-refractivity contribution in [3.63, 3.8) is 0 Å². The summed E-state index contributed by atoms with van der Waals surface area (Å²) in [7, 11) is 0. The number of benzene rings is 7. The highest BCUT2D eigenvalue weighted by molar-refractivity contribution is 7.06. The molecule has 4 aliphatic heterocycles. The van der Waals surface area contributed by atoms with Gasteiger partial charge in [0.2, 0.25) is 13.4 Å². The standard InChI is InChI=1S/C45H29B3N2/c1-24-12-4-6-18-31(24)46-33-20-8-14-27-29-16-10-22-35-42(29)49(40(27)33)44-37(46)26(3)38-45-39(44)48(35)36-23-11-17-30-28-15-9-21-34(41(28)50(45)43(30)36)47(38)32-19-7-5-13-25(32)2/h4-23H,1-3H3. The molecule has 50 heavy (non-hydrogen) atoms. The third-order valence-electron chi connectivity index (χ3n) is 13.1. The maximum Gasteiger partial charge on any atom is 0.252 e. The minimum atomic E-state index is 0.132. The van der Waals surface area contributed by atoms with Gasteiger partial charge in [0.15, 0.2) is 0 Å². The predicted octanol–water partition coefficient (Wildman–Crippen LogP) is 3.61. The first-order chi connectivity index (χ1) is 24.6. The molecule has 2 aromatic heterocycles. The van der Waals surface area contributed by atoms with Crippen molar-refractivity contribution in [2.75, 3.05) is 0 Å². The summed E-state index contributed by atoms with van der Waals surface area (Å²) in [6, 6.07) is 46.7. The van der Waals surface area contributed by atoms with Gasteiger partial charge in [-0.25, -0.2) is 0 Å². The van der Waals surface area contributed by atoms with E-state index < -0.39 is 0 Å². The molecule has 0 fully saturated rings. The van der Waals surface area contributed by atoms with Crippen molar-refractivity contribution in [1.82, 2.24) is 9.13 Å². The molecule has 0 amide bonds. The first kappa shape index (κ1) is 26.2. The fourth-order valence-electron chi connectivity index (χ4n) is 11.3. The lowest BCUT2D eigenvalue weighted by Crippen LogP contribution is -2.70. The zero-order chi connectivity index (χ0) is 32.7. The molecule has 228 valence electrons. The van der Waals surface area contributed by atoms with Gasteiger partial charge in [0, 0.05) is 55.0 Å². The van der Waals surface area contributed by atoms with E-state index in [-0.39, 0.29) is 20.1 Å². The van der Waals surface area contributed by atoms with Gasteiger partial charge in [-0.15, -0.1) is 0 Å². The molecule has 6 heterocycles. The third-order valence-corrected chi connectivity index (χ3v) is 13.1. The topological polar surface area (TPSA) is 9.86 Å². The number of aryl methyl sites for hydroxylation is 2. The normalized spacial score (nSPS) is 14.2. The van der Waals surface area contributed by atoms with Crippen LogP contribution in [0.3, 0.4) is 0 Å². The summed E-state index contributed by atoms with van der Waals surface area (Å²) in [6.07, 6.45) is 0. The lowest BCUT2D eigenvalue weighted by atomic mass is 9.26. The van der Waals surface area contributed by atoms with Gasteiger partial charge in [-0.1, -0.05) is 149 Å². The van der Waals surface area contributed by atoms with E-state index in [2.05, 4.69) is 151 Å². The van der Waals surface area contributed by atoms with Gasteiger partial charge < -0.3 is 9.13 Å². The molecule has 0 aliphatic carbocycles. The summed E-state index contributed by atoms with van der Waals surface area (Å²) in [4.78, 5) is 0. The summed E-state index contributed by atoms with van der Waals surface area (Å²) in [5.41, 5.74) is 25.6. The molecule has 0 unspecified atom stereocenters. The molecule has 0 bridgehead atoms. The number of aromatic nitrogens is 2. The van der Waals surface area contributed by atoms with E-state index in [0.29, 0.717) is 0 Å². The molecular weight excluding hydrogens is 601 g/mol. The van der Waals surface area contributed by atoms with Crippen molar-refractivity contribution < 1.29 is 0 Å². The Bertz CT molecular complexity index is 2900. The van der Waals surface area contributed by atoms with Gasteiger partial charge in [0.25, 0.3) is 6.71 Å². The van der Waals surface area contributed by atoms with Crippen LogP contribution in [-0.4, -0.2) is 29.3 Å². The van der Waals surface area contributed by atoms with E-state index in [1.165, 1.54) is 121 Å². The number of hydrogen-bond acceptors (Lipinski definition) is 0. The van der Waals surface area contributed by atoms with Crippen LogP contribution in [0.25, 0.3) is 55.0 Å². The SMILES string of the molecule is Cc1ccccc1B1c2c(C)c3c4c5c2-n2c6c1cccc6c1cccc(c12)B5c1cccc2c5cccc(c5n-4c12)B3c1ccccc1C. The molecular formula is C45H29B3N2. The van der Waals surface area contributed by atoms with Gasteiger partial charge in [-0.3, -0.25) is 0 Å². The van der Waals surface area contributed by atoms with Gasteiger partial charge in [0.05, 0.1) is 0 Å². The maximum atomic E-state index is 2.72. The number of rotatable bonds is 2. The van der Waals surface area contributed by atoms with Crippen molar-refractivity contribution in [1.29, 1.82) is 0 Å². The number of nitrogens with zero attached hydrogens (tertiary/aromatic N) is 2. The first-order valence-corrected chi connectivity index (χ1v) is 18.1. The highest BCUT2D eigenvalue weighted by Crippen LogP contribution is 2.40. The van der Waals surface area contributed by atoms with Crippen molar-refractivity contribution >= 4 is 113 Å². The highest BCUT2D eigenvalue weighted by Gasteiger charge is 2.50. The van der Waals surface area contributed by atoms with Crippen LogP contribution in [0.4, 0.5) is 0 Å². The lowest BCUT2D eigenvalue weighted by Gasteiger charge is -2.43. The van der Waals surface area contributed by atoms with Crippen LogP contribution in [-0.2, 0) is 0 Å². The second-order valence-electron chi connectivity index (χ2n) is 15.2. The van der Waals surface area contributed by atoms with Crippen LogP contribution < -0.4 is 49.2 Å². The summed E-state index contributed by atoms with van der Waals surface area (Å²) >= 11 is 0. The summed E-state index contributed by atoms with van der Waals surface area (Å²) in [6.45, 7) is 7.49. The fourth-order valence-corrected chi connectivity index (χ4v) is 11.3. The molecule has 5 heteroatoms. The average molecular weight is 630 g/mol. The monoisotopic (exact) mass is 630 g/mol. The third kappa shape index (κ3) is 2.68. The van der Waals surface area contributed by atoms with E-state index in [9.17, 15) is 0 Å². The second-order valence-corrected chi connectivity index (χ2v) is 15.2. The quantitative estimate of drug-likeness (QED) is 0.259. The van der Waals surface area contributed by atoms with E-state index in [1.807, 2.05) is 0 Å². The molecule has 0 N–H and O–H groups in total. The highest BCUT2D eigenvalue weighted by atomic mass is 15.0. The van der Waals surface area contributed by atoms with Crippen LogP contribution in [0.2, 0.25) is 0 Å². The molecule has 7 aromatic carbocycles. The minimum Gasteiger partial charge on any atom is -0.311 e. The van der Waals surface area contributed by atoms with Gasteiger partial charge in [0.1, 0.15) is 0 Å². The Morgan fingerprint density at radius 3 is 1.02 bits per heavy atom. The van der Waals surface area contributed by atoms with Crippen molar-refractivity contribution in [2.24, 2.45) is 0 Å². The van der Waals surface area contributed by atoms with Crippen LogP contribution in [0.15, 0.2) is 121 Å². The molecule has 0 atom stereocenters. The molecule has 9 aromatic rings. The molecule has 0 saturated heterocycles. The second kappa shape index (κ2) is 8.55. The zero-order valence-corrected chi connectivity index (χ0v) is 28.2. The Hall–Kier alpha value is -5.67. The molecule has 2 nitrogen and oxygen atoms in total. The number of para-hydroxylation sites is 4. The van der Waals surface area contributed by atoms with Crippen molar-refractivity contribution in [2.45, 2.75) is 20.8 Å². The fraction of sp³-hybridized carbons (Fsp3) is 0.0667. The molecule has 0 radical (unpaired) electrons. The van der Waals surface area contributed by atoms with Crippen LogP contribution >= 0.6 is 0 Å². The molecule has 4 aliphatic rings. The Morgan fingerprint density at radius 1 is 0.340 bits per heavy atom. The predicted molar refractivity (Wildman–Crippen MR) is 216 cm³/mol. The largest absolute Gasteiger partial charge is 0.311 e. The molecule has 0 saturated carbocycles. The first-order valence-electron chi connectivity index (χ1n) is 18.1. The summed E-state index contributed by atoms with van der Waals surface area (Å²) in [5.74, 6) is 0. The smallest absolute Gasteiger partial charge is 0.252 e. The maximum absolute atomic E-state index is 2.72. The van der Waals surface area contributed by atoms with E-state index in [1.54, 1.807) is 0 Å². The van der Waals surface area contributed by atoms with Crippen LogP contribution in [0, 0.1) is 20.8 Å². The Balaban J connectivity index is 1.35. The van der Waals surface area contributed by atoms with E-state index in [4.69, 9.17) is 0 Å². The zero-order valence-electron chi connectivity index (χ0n) is 28.2. The van der Waals surface area contributed by atoms with Crippen molar-refractivity contribution in [3.05, 3.63) is 138 Å². The van der Waals surface area contributed by atoms with E-state index in [0.717, 1.165) is 0 Å². The minimum absolute atomic E-state index is 0.132. The van der Waals surface area contributed by atoms with Crippen molar-refractivity contribution in [3.8, 4) is 11.4 Å². The van der Waals surface area contributed by atoms with E-state index >= 15 is 0 Å². The van der Waals surface area contributed by atoms with Crippen LogP contribution in [0.5, 0.6) is 0 Å². The Kier molecular flexibility index (Phi) is 4.48. The number of hydrogen-bond donors (Lipinski definition) is 0. The van der Waals surface area contributed by atoms with Gasteiger partial charge >= 0.3 is 0 Å². The molecule has 13 rings (SSSR count). The average Bonchev–Trinajstić information content (AvgIpc) is 3.67. The Morgan fingerprint density at radius 2 is 0.660 bits per heavy atom. The van der Waals surface area contributed by atoms with Crippen LogP contribution in [0.1, 0.15) is 16.7 Å². The van der Waals surface area contributed by atoms with Gasteiger partial charge in [-0.2, -0.15) is 0 Å². The Labute approximate surface area is 291 Å². The summed E-state index contributed by atoms with van der Waals surface area (Å²) < 4.78 is 5.43. The van der Waals surface area contributed by atoms with Gasteiger partial charge in [-0.05, 0) is 59.0 Å². The summed E-state index contributed by atoms with van der Waals surface area (Å²) in [5, 5.41) is 5.48. The number of fused-ring (bicyclic) bond motifs is 4.